The summed E-state index contributed by atoms with van der Waals surface area (Å²) in [4.78, 5) is 12.2. The zero-order valence-electron chi connectivity index (χ0n) is 12.3. The van der Waals surface area contributed by atoms with Gasteiger partial charge in [-0.15, -0.1) is 0 Å². The van der Waals surface area contributed by atoms with Crippen LogP contribution in [0, 0.1) is 26.6 Å². The highest BCUT2D eigenvalue weighted by atomic mass is 19.1. The summed E-state index contributed by atoms with van der Waals surface area (Å²) in [5, 5.41) is 4.33. The van der Waals surface area contributed by atoms with Gasteiger partial charge in [0, 0.05) is 24.7 Å². The number of rotatable bonds is 4. The number of carbonyl (C=O) groups excluding carboxylic acids is 1. The average Bonchev–Trinajstić information content (AvgIpc) is 2.60. The molecular weight excluding hydrogens is 255 g/mol. The first kappa shape index (κ1) is 14.4. The van der Waals surface area contributed by atoms with E-state index in [0.29, 0.717) is 18.4 Å². The number of Topliss-reactive ketones (excluding diaryl/α,β-unsaturated/α-hetero) is 1. The van der Waals surface area contributed by atoms with Crippen molar-refractivity contribution in [2.45, 2.75) is 33.6 Å². The Balaban J connectivity index is 2.12. The molecule has 0 saturated heterocycles. The van der Waals surface area contributed by atoms with Crippen LogP contribution < -0.4 is 0 Å². The molecule has 1 aromatic carbocycles. The van der Waals surface area contributed by atoms with E-state index in [1.165, 1.54) is 12.1 Å². The monoisotopic (exact) mass is 274 g/mol. The van der Waals surface area contributed by atoms with Crippen molar-refractivity contribution < 1.29 is 9.18 Å². The third-order valence-corrected chi connectivity index (χ3v) is 3.63. The maximum absolute atomic E-state index is 13.3. The normalized spacial score (nSPS) is 10.8. The van der Waals surface area contributed by atoms with Gasteiger partial charge in [0.2, 0.25) is 0 Å². The highest BCUT2D eigenvalue weighted by Crippen LogP contribution is 2.17. The fourth-order valence-corrected chi connectivity index (χ4v) is 2.46. The largest absolute Gasteiger partial charge is 0.294 e. The third-order valence-electron chi connectivity index (χ3n) is 3.63. The number of hydrogen-bond donors (Lipinski definition) is 0. The zero-order valence-corrected chi connectivity index (χ0v) is 12.3. The van der Waals surface area contributed by atoms with Crippen molar-refractivity contribution in [3.05, 3.63) is 52.1 Å². The average molecular weight is 274 g/mol. The lowest BCUT2D eigenvalue weighted by molar-refractivity contribution is 0.0982. The second-order valence-electron chi connectivity index (χ2n) is 5.21. The molecule has 4 heteroatoms. The van der Waals surface area contributed by atoms with Crippen LogP contribution in [0.25, 0.3) is 0 Å². The van der Waals surface area contributed by atoms with Gasteiger partial charge in [-0.2, -0.15) is 5.10 Å². The van der Waals surface area contributed by atoms with E-state index in [1.807, 2.05) is 25.6 Å². The van der Waals surface area contributed by atoms with Crippen LogP contribution in [0.1, 0.15) is 39.3 Å². The molecule has 0 amide bonds. The standard InChI is InChI=1S/C16H19FN2O/c1-10-7-13(9-14(17)8-10)16(20)6-5-15-11(2)18-19(4)12(15)3/h7-9H,5-6H2,1-4H3. The summed E-state index contributed by atoms with van der Waals surface area (Å²) in [6, 6.07) is 4.46. The number of aromatic nitrogens is 2. The van der Waals surface area contributed by atoms with Crippen molar-refractivity contribution in [2.24, 2.45) is 7.05 Å². The van der Waals surface area contributed by atoms with Gasteiger partial charge in [0.25, 0.3) is 0 Å². The van der Waals surface area contributed by atoms with Crippen molar-refractivity contribution in [1.29, 1.82) is 0 Å². The number of halogens is 1. The Hall–Kier alpha value is -1.97. The van der Waals surface area contributed by atoms with Crippen molar-refractivity contribution >= 4 is 5.78 Å². The molecule has 1 heterocycles. The lowest BCUT2D eigenvalue weighted by Gasteiger charge is -2.04. The molecule has 0 spiro atoms. The molecular formula is C16H19FN2O. The molecule has 1 aromatic heterocycles. The molecule has 0 aliphatic carbocycles. The van der Waals surface area contributed by atoms with Crippen LogP contribution in [0.15, 0.2) is 18.2 Å². The van der Waals surface area contributed by atoms with Gasteiger partial charge in [-0.25, -0.2) is 4.39 Å². The Labute approximate surface area is 118 Å². The lowest BCUT2D eigenvalue weighted by Crippen LogP contribution is -2.03. The molecule has 2 aromatic rings. The van der Waals surface area contributed by atoms with Gasteiger partial charge in [0.1, 0.15) is 5.82 Å². The predicted molar refractivity (Wildman–Crippen MR) is 76.5 cm³/mol. The van der Waals surface area contributed by atoms with Gasteiger partial charge in [-0.3, -0.25) is 9.48 Å². The Morgan fingerprint density at radius 1 is 1.25 bits per heavy atom. The summed E-state index contributed by atoms with van der Waals surface area (Å²) in [5.41, 5.74) is 4.34. The lowest BCUT2D eigenvalue weighted by atomic mass is 10.0. The van der Waals surface area contributed by atoms with Crippen LogP contribution in [-0.2, 0) is 13.5 Å². The Morgan fingerprint density at radius 3 is 2.50 bits per heavy atom. The Kier molecular flexibility index (Phi) is 4.02. The van der Waals surface area contributed by atoms with Crippen LogP contribution in [0.2, 0.25) is 0 Å². The summed E-state index contributed by atoms with van der Waals surface area (Å²) < 4.78 is 15.1. The minimum Gasteiger partial charge on any atom is -0.294 e. The molecule has 20 heavy (non-hydrogen) atoms. The molecule has 3 nitrogen and oxygen atoms in total. The second-order valence-corrected chi connectivity index (χ2v) is 5.21. The first-order valence-corrected chi connectivity index (χ1v) is 6.68. The van der Waals surface area contributed by atoms with Crippen LogP contribution in [0.5, 0.6) is 0 Å². The highest BCUT2D eigenvalue weighted by Gasteiger charge is 2.13. The third kappa shape index (κ3) is 2.95. The molecule has 0 fully saturated rings. The molecule has 0 aliphatic rings. The van der Waals surface area contributed by atoms with E-state index >= 15 is 0 Å². The predicted octanol–water partition coefficient (Wildman–Crippen LogP) is 3.30. The van der Waals surface area contributed by atoms with Crippen LogP contribution in [0.3, 0.4) is 0 Å². The van der Waals surface area contributed by atoms with Gasteiger partial charge in [-0.1, -0.05) is 0 Å². The van der Waals surface area contributed by atoms with Gasteiger partial charge in [0.15, 0.2) is 5.78 Å². The molecule has 0 radical (unpaired) electrons. The van der Waals surface area contributed by atoms with Gasteiger partial charge >= 0.3 is 0 Å². The number of ketones is 1. The van der Waals surface area contributed by atoms with E-state index in [-0.39, 0.29) is 11.6 Å². The van der Waals surface area contributed by atoms with E-state index in [1.54, 1.807) is 13.0 Å². The number of hydrogen-bond acceptors (Lipinski definition) is 2. The molecule has 0 unspecified atom stereocenters. The van der Waals surface area contributed by atoms with E-state index in [0.717, 1.165) is 22.5 Å². The molecule has 0 N–H and O–H groups in total. The maximum atomic E-state index is 13.3. The SMILES string of the molecule is Cc1cc(F)cc(C(=O)CCc2c(C)nn(C)c2C)c1. The fraction of sp³-hybridized carbons (Fsp3) is 0.375. The van der Waals surface area contributed by atoms with Crippen LogP contribution in [0.4, 0.5) is 4.39 Å². The van der Waals surface area contributed by atoms with Crippen molar-refractivity contribution in [2.75, 3.05) is 0 Å². The molecule has 0 bridgehead atoms. The van der Waals surface area contributed by atoms with Crippen molar-refractivity contribution in [1.82, 2.24) is 9.78 Å². The maximum Gasteiger partial charge on any atom is 0.163 e. The van der Waals surface area contributed by atoms with Gasteiger partial charge < -0.3 is 0 Å². The summed E-state index contributed by atoms with van der Waals surface area (Å²) in [6.45, 7) is 5.72. The number of benzene rings is 1. The fourth-order valence-electron chi connectivity index (χ4n) is 2.46. The van der Waals surface area contributed by atoms with E-state index < -0.39 is 0 Å². The number of carbonyl (C=O) groups is 1. The second kappa shape index (κ2) is 5.57. The minimum atomic E-state index is -0.359. The van der Waals surface area contributed by atoms with Crippen molar-refractivity contribution in [3.63, 3.8) is 0 Å². The van der Waals surface area contributed by atoms with E-state index in [9.17, 15) is 9.18 Å². The summed E-state index contributed by atoms with van der Waals surface area (Å²) in [6.07, 6.45) is 1.01. The smallest absolute Gasteiger partial charge is 0.163 e. The van der Waals surface area contributed by atoms with E-state index in [2.05, 4.69) is 5.10 Å². The van der Waals surface area contributed by atoms with Gasteiger partial charge in [0.05, 0.1) is 5.69 Å². The quantitative estimate of drug-likeness (QED) is 0.802. The molecule has 0 saturated carbocycles. The van der Waals surface area contributed by atoms with Crippen LogP contribution in [-0.4, -0.2) is 15.6 Å². The number of nitrogens with zero attached hydrogens (tertiary/aromatic N) is 2. The zero-order chi connectivity index (χ0) is 14.9. The minimum absolute atomic E-state index is 0.0322. The molecule has 106 valence electrons. The number of aryl methyl sites for hydroxylation is 3. The Bertz CT molecular complexity index is 638. The highest BCUT2D eigenvalue weighted by molar-refractivity contribution is 5.96. The van der Waals surface area contributed by atoms with Gasteiger partial charge in [-0.05, 0) is 56.5 Å². The molecule has 0 atom stereocenters. The van der Waals surface area contributed by atoms with Crippen molar-refractivity contribution in [3.8, 4) is 0 Å². The van der Waals surface area contributed by atoms with Crippen LogP contribution >= 0.6 is 0 Å². The van der Waals surface area contributed by atoms with E-state index in [4.69, 9.17) is 0 Å². The first-order chi connectivity index (χ1) is 9.38. The molecule has 2 rings (SSSR count). The summed E-state index contributed by atoms with van der Waals surface area (Å²) in [5.74, 6) is -0.391. The first-order valence-electron chi connectivity index (χ1n) is 6.68. The molecule has 0 aliphatic heterocycles. The summed E-state index contributed by atoms with van der Waals surface area (Å²) >= 11 is 0. The summed E-state index contributed by atoms with van der Waals surface area (Å²) in [7, 11) is 1.89. The Morgan fingerprint density at radius 2 is 1.95 bits per heavy atom. The topological polar surface area (TPSA) is 34.9 Å².